The van der Waals surface area contributed by atoms with Crippen LogP contribution in [0.4, 0.5) is 5.82 Å². The Balaban J connectivity index is 1.78. The average molecular weight is 500 g/mol. The molecule has 0 fully saturated rings. The van der Waals surface area contributed by atoms with Crippen molar-refractivity contribution < 1.29 is 8.42 Å². The van der Waals surface area contributed by atoms with E-state index in [2.05, 4.69) is 4.72 Å². The first-order valence-corrected chi connectivity index (χ1v) is 12.9. The van der Waals surface area contributed by atoms with E-state index in [1.54, 1.807) is 41.1 Å². The van der Waals surface area contributed by atoms with Crippen LogP contribution in [0.3, 0.4) is 0 Å². The zero-order chi connectivity index (χ0) is 24.4. The quantitative estimate of drug-likeness (QED) is 0.274. The summed E-state index contributed by atoms with van der Waals surface area (Å²) in [4.78, 5) is 0.177. The van der Waals surface area contributed by atoms with Crippen LogP contribution >= 0.6 is 11.6 Å². The van der Waals surface area contributed by atoms with Crippen molar-refractivity contribution in [2.75, 3.05) is 4.72 Å². The second-order valence-electron chi connectivity index (χ2n) is 8.11. The Morgan fingerprint density at radius 3 is 1.97 bits per heavy atom. The van der Waals surface area contributed by atoms with E-state index in [0.29, 0.717) is 22.1 Å². The number of hydrogen-bond donors (Lipinski definition) is 1. The lowest BCUT2D eigenvalue weighted by molar-refractivity contribution is 0.600. The van der Waals surface area contributed by atoms with E-state index in [1.165, 1.54) is 0 Å². The first-order chi connectivity index (χ1) is 16.9. The number of para-hydroxylation sites is 1. The molecule has 0 aliphatic carbocycles. The summed E-state index contributed by atoms with van der Waals surface area (Å²) >= 11 is 6.14. The molecule has 0 amide bonds. The average Bonchev–Trinajstić information content (AvgIpc) is 3.24. The molecule has 1 aromatic heterocycles. The maximum Gasteiger partial charge on any atom is 0.263 e. The Kier molecular flexibility index (Phi) is 6.16. The van der Waals surface area contributed by atoms with Gasteiger partial charge in [0.15, 0.2) is 5.82 Å². The third-order valence-corrected chi connectivity index (χ3v) is 7.24. The van der Waals surface area contributed by atoms with E-state index < -0.39 is 10.0 Å². The van der Waals surface area contributed by atoms with Crippen molar-refractivity contribution in [3.63, 3.8) is 0 Å². The molecule has 35 heavy (non-hydrogen) atoms. The van der Waals surface area contributed by atoms with E-state index in [9.17, 15) is 8.42 Å². The number of benzene rings is 4. The van der Waals surface area contributed by atoms with Crippen LogP contribution in [0.1, 0.15) is 5.56 Å². The number of nitrogens with zero attached hydrogens (tertiary/aromatic N) is 2. The molecule has 1 N–H and O–H groups in total. The fourth-order valence-corrected chi connectivity index (χ4v) is 5.04. The number of aryl methyl sites for hydroxylation is 1. The lowest BCUT2D eigenvalue weighted by Gasteiger charge is -2.13. The Hall–Kier alpha value is -3.87. The molecule has 174 valence electrons. The van der Waals surface area contributed by atoms with Gasteiger partial charge in [-0.1, -0.05) is 90.0 Å². The Morgan fingerprint density at radius 1 is 0.743 bits per heavy atom. The summed E-state index contributed by atoms with van der Waals surface area (Å²) in [5.74, 6) is 0.355. The number of aromatic nitrogens is 2. The number of hydrogen-bond acceptors (Lipinski definition) is 3. The van der Waals surface area contributed by atoms with Crippen molar-refractivity contribution >= 4 is 27.4 Å². The molecule has 7 heteroatoms. The minimum absolute atomic E-state index is 0.177. The van der Waals surface area contributed by atoms with Gasteiger partial charge in [0.25, 0.3) is 10.0 Å². The topological polar surface area (TPSA) is 64.0 Å². The maximum atomic E-state index is 13.5. The molecule has 0 saturated carbocycles. The van der Waals surface area contributed by atoms with Gasteiger partial charge < -0.3 is 0 Å². The van der Waals surface area contributed by atoms with Crippen LogP contribution < -0.4 is 4.72 Å². The van der Waals surface area contributed by atoms with Gasteiger partial charge in [0, 0.05) is 10.6 Å². The fourth-order valence-electron chi connectivity index (χ4n) is 3.86. The van der Waals surface area contributed by atoms with Crippen LogP contribution in [0.25, 0.3) is 28.1 Å². The number of sulfonamides is 1. The van der Waals surface area contributed by atoms with Crippen molar-refractivity contribution in [2.45, 2.75) is 11.8 Å². The molecule has 1 heterocycles. The molecular weight excluding hydrogens is 478 g/mol. The monoisotopic (exact) mass is 499 g/mol. The van der Waals surface area contributed by atoms with Crippen LogP contribution in [0.5, 0.6) is 0 Å². The van der Waals surface area contributed by atoms with E-state index >= 15 is 0 Å². The molecule has 0 aliphatic heterocycles. The predicted octanol–water partition coefficient (Wildman–Crippen LogP) is 6.97. The largest absolute Gasteiger partial charge is 0.263 e. The van der Waals surface area contributed by atoms with Gasteiger partial charge in [-0.05, 0) is 48.9 Å². The third-order valence-electron chi connectivity index (χ3n) is 5.63. The third kappa shape index (κ3) is 4.71. The van der Waals surface area contributed by atoms with Crippen molar-refractivity contribution in [2.24, 2.45) is 0 Å². The molecule has 0 unspecified atom stereocenters. The molecule has 4 aromatic carbocycles. The molecule has 0 bridgehead atoms. The highest BCUT2D eigenvalue weighted by Gasteiger charge is 2.26. The fraction of sp³-hybridized carbons (Fsp3) is 0.0357. The van der Waals surface area contributed by atoms with Crippen molar-refractivity contribution in [3.05, 3.63) is 120 Å². The summed E-state index contributed by atoms with van der Waals surface area (Å²) in [5, 5.41) is 5.50. The minimum atomic E-state index is -3.90. The second kappa shape index (κ2) is 9.41. The Morgan fingerprint density at radius 2 is 1.34 bits per heavy atom. The smallest absolute Gasteiger partial charge is 0.263 e. The standard InChI is InChI=1S/C28H22ClN3O2S/c1-20-12-18-25(19-13-20)35(33,34)31-28-26(21-8-4-2-5-9-21)27(22-14-16-23(29)17-15-22)30-32(28)24-10-6-3-7-11-24/h2-19,31H,1H3. The number of halogens is 1. The first-order valence-electron chi connectivity index (χ1n) is 11.0. The molecule has 0 radical (unpaired) electrons. The Labute approximate surface area is 209 Å². The zero-order valence-corrected chi connectivity index (χ0v) is 20.5. The van der Waals surface area contributed by atoms with Crippen LogP contribution in [-0.4, -0.2) is 18.2 Å². The van der Waals surface area contributed by atoms with Gasteiger partial charge in [0.1, 0.15) is 5.69 Å². The molecule has 5 aromatic rings. The van der Waals surface area contributed by atoms with E-state index in [4.69, 9.17) is 16.7 Å². The minimum Gasteiger partial charge on any atom is -0.263 e. The lowest BCUT2D eigenvalue weighted by Crippen LogP contribution is -2.16. The van der Waals surface area contributed by atoms with Crippen LogP contribution in [-0.2, 0) is 10.0 Å². The van der Waals surface area contributed by atoms with Gasteiger partial charge in [0.05, 0.1) is 16.1 Å². The normalized spacial score (nSPS) is 11.4. The van der Waals surface area contributed by atoms with Gasteiger partial charge >= 0.3 is 0 Å². The Bertz CT molecular complexity index is 1560. The van der Waals surface area contributed by atoms with Crippen molar-refractivity contribution in [1.82, 2.24) is 9.78 Å². The summed E-state index contributed by atoms with van der Waals surface area (Å²) in [7, 11) is -3.90. The van der Waals surface area contributed by atoms with Crippen LogP contribution in [0, 0.1) is 6.92 Å². The van der Waals surface area contributed by atoms with Gasteiger partial charge in [-0.2, -0.15) is 5.10 Å². The summed E-state index contributed by atoms with van der Waals surface area (Å²) in [6.07, 6.45) is 0. The maximum absolute atomic E-state index is 13.5. The molecule has 0 spiro atoms. The first kappa shape index (κ1) is 22.9. The second-order valence-corrected chi connectivity index (χ2v) is 10.2. The highest BCUT2D eigenvalue weighted by atomic mass is 35.5. The predicted molar refractivity (Wildman–Crippen MR) is 141 cm³/mol. The van der Waals surface area contributed by atoms with Gasteiger partial charge in [-0.15, -0.1) is 0 Å². The lowest BCUT2D eigenvalue weighted by atomic mass is 10.0. The highest BCUT2D eigenvalue weighted by molar-refractivity contribution is 7.92. The van der Waals surface area contributed by atoms with Crippen LogP contribution in [0.15, 0.2) is 114 Å². The van der Waals surface area contributed by atoms with Crippen molar-refractivity contribution in [3.8, 4) is 28.1 Å². The molecule has 5 nitrogen and oxygen atoms in total. The zero-order valence-electron chi connectivity index (χ0n) is 18.9. The van der Waals surface area contributed by atoms with Gasteiger partial charge in [0.2, 0.25) is 0 Å². The summed E-state index contributed by atoms with van der Waals surface area (Å²) < 4.78 is 31.5. The van der Waals surface area contributed by atoms with E-state index in [0.717, 1.165) is 22.4 Å². The number of rotatable bonds is 6. The van der Waals surface area contributed by atoms with Crippen LogP contribution in [0.2, 0.25) is 5.02 Å². The molecule has 5 rings (SSSR count). The van der Waals surface area contributed by atoms with Gasteiger partial charge in [-0.25, -0.2) is 13.1 Å². The van der Waals surface area contributed by atoms with E-state index in [1.807, 2.05) is 79.7 Å². The molecule has 0 saturated heterocycles. The SMILES string of the molecule is Cc1ccc(S(=O)(=O)Nc2c(-c3ccccc3)c(-c3ccc(Cl)cc3)nn2-c2ccccc2)cc1. The molecule has 0 atom stereocenters. The summed E-state index contributed by atoms with van der Waals surface area (Å²) in [6, 6.07) is 33.2. The number of anilines is 1. The molecular formula is C28H22ClN3O2S. The number of nitrogens with one attached hydrogen (secondary N) is 1. The summed E-state index contributed by atoms with van der Waals surface area (Å²) in [5.41, 5.74) is 4.67. The van der Waals surface area contributed by atoms with Gasteiger partial charge in [-0.3, -0.25) is 4.72 Å². The summed E-state index contributed by atoms with van der Waals surface area (Å²) in [6.45, 7) is 1.92. The van der Waals surface area contributed by atoms with E-state index in [-0.39, 0.29) is 4.90 Å². The highest BCUT2D eigenvalue weighted by Crippen LogP contribution is 2.40. The van der Waals surface area contributed by atoms with Crippen molar-refractivity contribution in [1.29, 1.82) is 0 Å². The molecule has 0 aliphatic rings.